The highest BCUT2D eigenvalue weighted by atomic mass is 32.2. The third kappa shape index (κ3) is 6.12. The number of anilines is 2. The van der Waals surface area contributed by atoms with E-state index >= 15 is 0 Å². The van der Waals surface area contributed by atoms with E-state index in [9.17, 15) is 13.2 Å². The molecule has 0 fully saturated rings. The molecule has 0 saturated carbocycles. The Morgan fingerprint density at radius 2 is 1.61 bits per heavy atom. The van der Waals surface area contributed by atoms with Crippen LogP contribution in [0, 0.1) is 13.8 Å². The maximum Gasteiger partial charge on any atom is 0.261 e. The van der Waals surface area contributed by atoms with Crippen molar-refractivity contribution in [1.82, 2.24) is 5.32 Å². The number of hydrogen-bond acceptors (Lipinski definition) is 5. The zero-order chi connectivity index (χ0) is 24.2. The highest BCUT2D eigenvalue weighted by Gasteiger charge is 2.15. The molecule has 0 aliphatic rings. The number of aryl methyl sites for hydroxylation is 2. The van der Waals surface area contributed by atoms with E-state index < -0.39 is 15.9 Å². The Bertz CT molecular complexity index is 1310. The number of amides is 1. The SMILES string of the molecule is [B]c1cc(C(=O)NC(=S)Nc2ccc(S(=O)(=O)Nc3ccc(C)c(C)c3)cc2)ccc1OC. The third-order valence-electron chi connectivity index (χ3n) is 4.90. The van der Waals surface area contributed by atoms with Gasteiger partial charge in [0.25, 0.3) is 15.9 Å². The van der Waals surface area contributed by atoms with Crippen LogP contribution >= 0.6 is 12.2 Å². The van der Waals surface area contributed by atoms with Crippen LogP contribution in [0.2, 0.25) is 0 Å². The normalized spacial score (nSPS) is 10.9. The summed E-state index contributed by atoms with van der Waals surface area (Å²) < 4.78 is 33.0. The van der Waals surface area contributed by atoms with Crippen molar-refractivity contribution in [3.8, 4) is 5.75 Å². The van der Waals surface area contributed by atoms with Gasteiger partial charge in [0, 0.05) is 16.9 Å². The van der Waals surface area contributed by atoms with Crippen LogP contribution in [0.15, 0.2) is 65.6 Å². The van der Waals surface area contributed by atoms with Crippen molar-refractivity contribution in [2.75, 3.05) is 17.1 Å². The molecule has 1 amide bonds. The molecule has 3 rings (SSSR count). The maximum atomic E-state index is 12.7. The molecule has 0 aliphatic carbocycles. The average molecular weight is 479 g/mol. The first-order valence-corrected chi connectivity index (χ1v) is 11.7. The van der Waals surface area contributed by atoms with E-state index in [4.69, 9.17) is 24.8 Å². The van der Waals surface area contributed by atoms with Gasteiger partial charge < -0.3 is 10.1 Å². The third-order valence-corrected chi connectivity index (χ3v) is 6.50. The van der Waals surface area contributed by atoms with Gasteiger partial charge in [0.2, 0.25) is 0 Å². The summed E-state index contributed by atoms with van der Waals surface area (Å²) in [6.07, 6.45) is 0. The fourth-order valence-electron chi connectivity index (χ4n) is 2.95. The number of nitrogens with one attached hydrogen (secondary N) is 3. The summed E-state index contributed by atoms with van der Waals surface area (Å²) in [5.74, 6) is 0.0212. The van der Waals surface area contributed by atoms with Crippen LogP contribution in [0.3, 0.4) is 0 Å². The van der Waals surface area contributed by atoms with Gasteiger partial charge in [0.1, 0.15) is 13.6 Å². The fourth-order valence-corrected chi connectivity index (χ4v) is 4.21. The van der Waals surface area contributed by atoms with Crippen molar-refractivity contribution in [2.24, 2.45) is 0 Å². The van der Waals surface area contributed by atoms with Crippen LogP contribution in [-0.2, 0) is 10.0 Å². The Balaban J connectivity index is 1.63. The van der Waals surface area contributed by atoms with Crippen LogP contribution in [0.25, 0.3) is 0 Å². The first-order valence-electron chi connectivity index (χ1n) is 9.85. The molecule has 0 aliphatic heterocycles. The zero-order valence-electron chi connectivity index (χ0n) is 18.3. The smallest absolute Gasteiger partial charge is 0.261 e. The summed E-state index contributed by atoms with van der Waals surface area (Å²) in [5, 5.41) is 5.46. The van der Waals surface area contributed by atoms with Gasteiger partial charge in [0.05, 0.1) is 12.0 Å². The van der Waals surface area contributed by atoms with Crippen molar-refractivity contribution < 1.29 is 17.9 Å². The van der Waals surface area contributed by atoms with E-state index in [1.165, 1.54) is 25.3 Å². The van der Waals surface area contributed by atoms with Crippen molar-refractivity contribution >= 4 is 57.9 Å². The Kier molecular flexibility index (Phi) is 7.40. The number of sulfonamides is 1. The predicted molar refractivity (Wildman–Crippen MR) is 135 cm³/mol. The van der Waals surface area contributed by atoms with Crippen LogP contribution in [0.5, 0.6) is 5.75 Å². The molecule has 3 aromatic rings. The molecule has 0 atom stereocenters. The predicted octanol–water partition coefficient (Wildman–Crippen LogP) is 3.03. The van der Waals surface area contributed by atoms with Gasteiger partial charge in [-0.15, -0.1) is 0 Å². The summed E-state index contributed by atoms with van der Waals surface area (Å²) in [6, 6.07) is 16.0. The number of hydrogen-bond donors (Lipinski definition) is 3. The second-order valence-electron chi connectivity index (χ2n) is 7.29. The lowest BCUT2D eigenvalue weighted by Gasteiger charge is -2.12. The van der Waals surface area contributed by atoms with Gasteiger partial charge in [0.15, 0.2) is 5.11 Å². The lowest BCUT2D eigenvalue weighted by Crippen LogP contribution is -2.34. The lowest BCUT2D eigenvalue weighted by molar-refractivity contribution is 0.0978. The van der Waals surface area contributed by atoms with Crippen molar-refractivity contribution in [2.45, 2.75) is 18.7 Å². The van der Waals surface area contributed by atoms with E-state index in [2.05, 4.69) is 15.4 Å². The van der Waals surface area contributed by atoms with Crippen molar-refractivity contribution in [3.05, 3.63) is 77.4 Å². The molecule has 0 heterocycles. The molecule has 0 bridgehead atoms. The van der Waals surface area contributed by atoms with Gasteiger partial charge in [-0.2, -0.15) is 0 Å². The van der Waals surface area contributed by atoms with E-state index in [1.54, 1.807) is 36.4 Å². The highest BCUT2D eigenvalue weighted by Crippen LogP contribution is 2.20. The Labute approximate surface area is 200 Å². The fraction of sp³-hybridized carbons (Fsp3) is 0.130. The number of benzene rings is 3. The molecular weight excluding hydrogens is 457 g/mol. The molecule has 168 valence electrons. The molecule has 0 saturated heterocycles. The molecule has 0 unspecified atom stereocenters. The first kappa shape index (κ1) is 24.3. The van der Waals surface area contributed by atoms with Gasteiger partial charge >= 0.3 is 0 Å². The number of carbonyl (C=O) groups is 1. The minimum Gasteiger partial charge on any atom is -0.497 e. The number of methoxy groups -OCH3 is 1. The molecule has 0 aromatic heterocycles. The minimum absolute atomic E-state index is 0.0539. The topological polar surface area (TPSA) is 96.5 Å². The summed E-state index contributed by atoms with van der Waals surface area (Å²) >= 11 is 5.18. The highest BCUT2D eigenvalue weighted by molar-refractivity contribution is 7.92. The maximum absolute atomic E-state index is 12.7. The molecule has 10 heteroatoms. The standard InChI is InChI=1S/C23H22BN3O4S2/c1-14-4-6-18(12-15(14)2)27-33(29,30)19-9-7-17(8-10-19)25-23(32)26-22(28)16-5-11-21(31-3)20(24)13-16/h4-13,27H,1-3H3,(H2,25,26,28,32). The van der Waals surface area contributed by atoms with Crippen molar-refractivity contribution in [3.63, 3.8) is 0 Å². The van der Waals surface area contributed by atoms with Crippen molar-refractivity contribution in [1.29, 1.82) is 0 Å². The van der Waals surface area contributed by atoms with Crippen LogP contribution < -0.4 is 25.6 Å². The van der Waals surface area contributed by atoms with Gasteiger partial charge in [-0.3, -0.25) is 14.8 Å². The average Bonchev–Trinajstić information content (AvgIpc) is 2.76. The Morgan fingerprint density at radius 3 is 2.21 bits per heavy atom. The van der Waals surface area contributed by atoms with Gasteiger partial charge in [-0.05, 0) is 85.7 Å². The number of thiocarbonyl (C=S) groups is 1. The molecule has 7 nitrogen and oxygen atoms in total. The van der Waals surface area contributed by atoms with E-state index in [1.807, 2.05) is 19.9 Å². The van der Waals surface area contributed by atoms with E-state index in [0.29, 0.717) is 28.2 Å². The van der Waals surface area contributed by atoms with Crippen LogP contribution in [0.1, 0.15) is 21.5 Å². The molecule has 2 radical (unpaired) electrons. The molecule has 3 N–H and O–H groups in total. The second kappa shape index (κ2) is 10.1. The van der Waals surface area contributed by atoms with Gasteiger partial charge in [-0.25, -0.2) is 8.42 Å². The monoisotopic (exact) mass is 479 g/mol. The van der Waals surface area contributed by atoms with Crippen LogP contribution in [-0.4, -0.2) is 34.4 Å². The summed E-state index contributed by atoms with van der Waals surface area (Å²) in [5.41, 5.74) is 3.71. The van der Waals surface area contributed by atoms with Crippen LogP contribution in [0.4, 0.5) is 11.4 Å². The molecular formula is C23H22BN3O4S2. The largest absolute Gasteiger partial charge is 0.497 e. The number of carbonyl (C=O) groups excluding carboxylic acids is 1. The Hall–Kier alpha value is -3.37. The van der Waals surface area contributed by atoms with E-state index in [0.717, 1.165) is 11.1 Å². The van der Waals surface area contributed by atoms with Gasteiger partial charge in [-0.1, -0.05) is 17.6 Å². The Morgan fingerprint density at radius 1 is 0.939 bits per heavy atom. The zero-order valence-corrected chi connectivity index (χ0v) is 19.9. The number of ether oxygens (including phenoxy) is 1. The second-order valence-corrected chi connectivity index (χ2v) is 9.38. The lowest BCUT2D eigenvalue weighted by atomic mass is 9.93. The quantitative estimate of drug-likeness (QED) is 0.372. The summed E-state index contributed by atoms with van der Waals surface area (Å²) in [7, 11) is 3.56. The van der Waals surface area contributed by atoms with E-state index in [-0.39, 0.29) is 10.0 Å². The minimum atomic E-state index is -3.76. The summed E-state index contributed by atoms with van der Waals surface area (Å²) in [4.78, 5) is 12.5. The molecule has 33 heavy (non-hydrogen) atoms. The number of rotatable bonds is 6. The molecule has 0 spiro atoms. The first-order chi connectivity index (χ1) is 15.6. The summed E-state index contributed by atoms with van der Waals surface area (Å²) in [6.45, 7) is 3.87. The molecule has 3 aromatic carbocycles.